The maximum Gasteiger partial charge on any atom is 0.277 e. The van der Waals surface area contributed by atoms with Gasteiger partial charge in [-0.05, 0) is 38.2 Å². The highest BCUT2D eigenvalue weighted by Gasteiger charge is 2.22. The van der Waals surface area contributed by atoms with Crippen molar-refractivity contribution in [1.29, 1.82) is 5.26 Å². The number of thiazole rings is 1. The average molecular weight is 432 g/mol. The second kappa shape index (κ2) is 8.43. The minimum Gasteiger partial charge on any atom is -0.416 e. The zero-order chi connectivity index (χ0) is 19.5. The van der Waals surface area contributed by atoms with E-state index in [4.69, 9.17) is 4.42 Å². The Kier molecular flexibility index (Phi) is 5.75. The topological polar surface area (TPSA) is 105 Å². The van der Waals surface area contributed by atoms with Gasteiger partial charge in [0.1, 0.15) is 11.1 Å². The Morgan fingerprint density at radius 3 is 3.04 bits per heavy atom. The second-order valence-corrected chi connectivity index (χ2v) is 9.45. The predicted molar refractivity (Wildman–Crippen MR) is 109 cm³/mol. The lowest BCUT2D eigenvalue weighted by atomic mass is 9.96. The minimum atomic E-state index is -0.185. The van der Waals surface area contributed by atoms with Crippen LogP contribution in [0.25, 0.3) is 0 Å². The summed E-state index contributed by atoms with van der Waals surface area (Å²) >= 11 is 4.28. The quantitative estimate of drug-likeness (QED) is 0.589. The number of hydrogen-bond acceptors (Lipinski definition) is 9. The Bertz CT molecular complexity index is 1050. The third-order valence-corrected chi connectivity index (χ3v) is 7.16. The summed E-state index contributed by atoms with van der Waals surface area (Å²) in [4.78, 5) is 17.9. The number of fused-ring (bicyclic) bond motifs is 1. The first-order chi connectivity index (χ1) is 13.6. The summed E-state index contributed by atoms with van der Waals surface area (Å²) in [6.07, 6.45) is 4.63. The van der Waals surface area contributed by atoms with Gasteiger partial charge in [0, 0.05) is 10.3 Å². The van der Waals surface area contributed by atoms with E-state index < -0.39 is 0 Å². The number of aryl methyl sites for hydroxylation is 2. The van der Waals surface area contributed by atoms with Gasteiger partial charge in [0.15, 0.2) is 0 Å². The maximum absolute atomic E-state index is 12.3. The smallest absolute Gasteiger partial charge is 0.277 e. The Hall–Kier alpha value is -2.22. The summed E-state index contributed by atoms with van der Waals surface area (Å²) in [6, 6.07) is 2.25. The summed E-state index contributed by atoms with van der Waals surface area (Å²) < 4.78 is 5.58. The molecule has 0 unspecified atom stereocenters. The number of thioether (sulfide) groups is 1. The molecule has 0 saturated carbocycles. The van der Waals surface area contributed by atoms with Crippen molar-refractivity contribution >= 4 is 45.3 Å². The molecule has 28 heavy (non-hydrogen) atoms. The van der Waals surface area contributed by atoms with Gasteiger partial charge in [0.05, 0.1) is 28.4 Å². The van der Waals surface area contributed by atoms with Gasteiger partial charge >= 0.3 is 0 Å². The van der Waals surface area contributed by atoms with Crippen molar-refractivity contribution in [2.24, 2.45) is 0 Å². The van der Waals surface area contributed by atoms with E-state index in [1.807, 2.05) is 12.3 Å². The van der Waals surface area contributed by atoms with Crippen LogP contribution in [0.4, 0.5) is 5.00 Å². The predicted octanol–water partition coefficient (Wildman–Crippen LogP) is 3.97. The average Bonchev–Trinajstić information content (AvgIpc) is 3.39. The number of amides is 1. The van der Waals surface area contributed by atoms with E-state index >= 15 is 0 Å². The molecule has 1 aliphatic rings. The van der Waals surface area contributed by atoms with Crippen LogP contribution in [0.2, 0.25) is 0 Å². The molecule has 0 atom stereocenters. The molecular weight excluding hydrogens is 414 g/mol. The van der Waals surface area contributed by atoms with Crippen molar-refractivity contribution in [2.75, 3.05) is 11.1 Å². The molecule has 3 aromatic heterocycles. The summed E-state index contributed by atoms with van der Waals surface area (Å²) in [6.45, 7) is 1.95. The van der Waals surface area contributed by atoms with Crippen LogP contribution in [-0.2, 0) is 24.1 Å². The van der Waals surface area contributed by atoms with Crippen LogP contribution in [-0.4, -0.2) is 26.8 Å². The molecule has 0 spiro atoms. The minimum absolute atomic E-state index is 0.144. The largest absolute Gasteiger partial charge is 0.416 e. The molecule has 10 heteroatoms. The summed E-state index contributed by atoms with van der Waals surface area (Å²) in [5.41, 5.74) is 2.63. The van der Waals surface area contributed by atoms with E-state index in [1.165, 1.54) is 28.0 Å². The zero-order valence-electron chi connectivity index (χ0n) is 15.2. The Balaban J connectivity index is 1.34. The molecule has 0 aliphatic heterocycles. The van der Waals surface area contributed by atoms with Gasteiger partial charge in [-0.2, -0.15) is 5.26 Å². The normalized spacial score (nSPS) is 13.1. The first-order valence-corrected chi connectivity index (χ1v) is 11.5. The van der Waals surface area contributed by atoms with Crippen molar-refractivity contribution < 1.29 is 9.21 Å². The van der Waals surface area contributed by atoms with Gasteiger partial charge in [-0.25, -0.2) is 4.98 Å². The van der Waals surface area contributed by atoms with Gasteiger partial charge in [0.2, 0.25) is 11.8 Å². The van der Waals surface area contributed by atoms with Gasteiger partial charge in [-0.15, -0.1) is 32.9 Å². The summed E-state index contributed by atoms with van der Waals surface area (Å²) in [5, 5.41) is 24.3. The fourth-order valence-electron chi connectivity index (χ4n) is 3.07. The van der Waals surface area contributed by atoms with E-state index in [1.54, 1.807) is 11.3 Å². The number of nitrogens with zero attached hydrogens (tertiary/aromatic N) is 4. The monoisotopic (exact) mass is 431 g/mol. The molecule has 1 N–H and O–H groups in total. The second-order valence-electron chi connectivity index (χ2n) is 6.36. The van der Waals surface area contributed by atoms with Gasteiger partial charge in [0.25, 0.3) is 5.22 Å². The molecule has 0 fully saturated rings. The van der Waals surface area contributed by atoms with Crippen LogP contribution in [0.15, 0.2) is 15.0 Å². The molecule has 144 valence electrons. The molecule has 4 rings (SSSR count). The van der Waals surface area contributed by atoms with E-state index in [-0.39, 0.29) is 11.7 Å². The van der Waals surface area contributed by atoms with Crippen LogP contribution in [0.1, 0.15) is 45.4 Å². The van der Waals surface area contributed by atoms with Crippen LogP contribution in [0.3, 0.4) is 0 Å². The Morgan fingerprint density at radius 2 is 2.25 bits per heavy atom. The highest BCUT2D eigenvalue weighted by Crippen LogP contribution is 2.37. The van der Waals surface area contributed by atoms with Crippen LogP contribution < -0.4 is 5.32 Å². The lowest BCUT2D eigenvalue weighted by molar-refractivity contribution is -0.113. The Morgan fingerprint density at radius 1 is 1.39 bits per heavy atom. The standard InChI is InChI=1S/C18H17N5O2S3/c1-10-20-11(8-26-10)6-16-22-23-18(25-16)27-9-15(24)21-17-13(7-19)12-4-2-3-5-14(12)28-17/h8H,2-6,9H2,1H3,(H,21,24). The molecule has 3 aromatic rings. The molecular formula is C18H17N5O2S3. The van der Waals surface area contributed by atoms with Crippen molar-refractivity contribution in [2.45, 2.75) is 44.3 Å². The van der Waals surface area contributed by atoms with E-state index in [2.05, 4.69) is 26.6 Å². The maximum atomic E-state index is 12.3. The fraction of sp³-hybridized carbons (Fsp3) is 0.389. The van der Waals surface area contributed by atoms with Crippen molar-refractivity contribution in [1.82, 2.24) is 15.2 Å². The number of thiophene rings is 1. The molecule has 0 radical (unpaired) electrons. The molecule has 1 amide bonds. The molecule has 0 bridgehead atoms. The molecule has 0 aromatic carbocycles. The molecule has 3 heterocycles. The van der Waals surface area contributed by atoms with Crippen LogP contribution in [0, 0.1) is 18.3 Å². The third-order valence-electron chi connectivity index (χ3n) is 4.31. The summed E-state index contributed by atoms with van der Waals surface area (Å²) in [7, 11) is 0. The first-order valence-electron chi connectivity index (χ1n) is 8.83. The van der Waals surface area contributed by atoms with Crippen LogP contribution >= 0.6 is 34.4 Å². The van der Waals surface area contributed by atoms with Crippen molar-refractivity contribution in [3.8, 4) is 6.07 Å². The van der Waals surface area contributed by atoms with Gasteiger partial charge in [-0.3, -0.25) is 4.79 Å². The van der Waals surface area contributed by atoms with Gasteiger partial charge < -0.3 is 9.73 Å². The molecule has 0 saturated heterocycles. The number of carbonyl (C=O) groups excluding carboxylic acids is 1. The number of anilines is 1. The number of hydrogen-bond donors (Lipinski definition) is 1. The van der Waals surface area contributed by atoms with Crippen molar-refractivity contribution in [3.63, 3.8) is 0 Å². The van der Waals surface area contributed by atoms with E-state index in [0.29, 0.717) is 28.1 Å². The van der Waals surface area contributed by atoms with Crippen molar-refractivity contribution in [3.05, 3.63) is 38.0 Å². The first kappa shape index (κ1) is 19.1. The number of nitriles is 1. The molecule has 1 aliphatic carbocycles. The number of aromatic nitrogens is 3. The van der Waals surface area contributed by atoms with E-state index in [0.717, 1.165) is 41.9 Å². The fourth-order valence-corrected chi connectivity index (χ4v) is 5.52. The van der Waals surface area contributed by atoms with Gasteiger partial charge in [-0.1, -0.05) is 11.8 Å². The molecule has 7 nitrogen and oxygen atoms in total. The highest BCUT2D eigenvalue weighted by molar-refractivity contribution is 7.99. The lowest BCUT2D eigenvalue weighted by Gasteiger charge is -2.09. The third kappa shape index (κ3) is 4.27. The number of nitrogens with one attached hydrogen (secondary N) is 1. The number of rotatable bonds is 6. The SMILES string of the molecule is Cc1nc(Cc2nnc(SCC(=O)Nc3sc4c(c3C#N)CCCC4)o2)cs1. The highest BCUT2D eigenvalue weighted by atomic mass is 32.2. The Labute approximate surface area is 174 Å². The zero-order valence-corrected chi connectivity index (χ0v) is 17.6. The summed E-state index contributed by atoms with van der Waals surface area (Å²) in [5.74, 6) is 0.436. The van der Waals surface area contributed by atoms with E-state index in [9.17, 15) is 10.1 Å². The van der Waals surface area contributed by atoms with Crippen LogP contribution in [0.5, 0.6) is 0 Å². The number of carbonyl (C=O) groups is 1. The lowest BCUT2D eigenvalue weighted by Crippen LogP contribution is -2.14.